The highest BCUT2D eigenvalue weighted by atomic mass is 35.5. The lowest BCUT2D eigenvalue weighted by Crippen LogP contribution is -2.15. The Hall–Kier alpha value is -3.12. The molecular formula is C25H28ClN3O3. The van der Waals surface area contributed by atoms with Crippen LogP contribution in [-0.2, 0) is 22.4 Å². The van der Waals surface area contributed by atoms with E-state index in [0.717, 1.165) is 36.2 Å². The number of aromatic nitrogens is 2. The van der Waals surface area contributed by atoms with E-state index in [4.69, 9.17) is 21.4 Å². The lowest BCUT2D eigenvalue weighted by molar-refractivity contribution is -0.143. The summed E-state index contributed by atoms with van der Waals surface area (Å²) in [7, 11) is 0. The molecule has 2 aromatic carbocycles. The Labute approximate surface area is 193 Å². The first-order valence-electron chi connectivity index (χ1n) is 10.9. The van der Waals surface area contributed by atoms with Crippen LogP contribution < -0.4 is 5.32 Å². The summed E-state index contributed by atoms with van der Waals surface area (Å²) in [5.41, 5.74) is 3.24. The number of amides is 1. The highest BCUT2D eigenvalue weighted by molar-refractivity contribution is 6.30. The first kappa shape index (κ1) is 23.5. The van der Waals surface area contributed by atoms with Crippen LogP contribution in [0.4, 0.5) is 5.82 Å². The second-order valence-corrected chi connectivity index (χ2v) is 7.91. The predicted molar refractivity (Wildman–Crippen MR) is 127 cm³/mol. The molecule has 0 radical (unpaired) electrons. The smallest absolute Gasteiger partial charge is 0.306 e. The van der Waals surface area contributed by atoms with Gasteiger partial charge in [0.15, 0.2) is 0 Å². The van der Waals surface area contributed by atoms with Crippen LogP contribution in [0.1, 0.15) is 54.7 Å². The maximum atomic E-state index is 12.8. The van der Waals surface area contributed by atoms with E-state index in [2.05, 4.69) is 12.2 Å². The molecule has 1 amide bonds. The van der Waals surface area contributed by atoms with Crippen LogP contribution in [0.2, 0.25) is 5.02 Å². The monoisotopic (exact) mass is 453 g/mol. The molecule has 0 spiro atoms. The van der Waals surface area contributed by atoms with Crippen molar-refractivity contribution < 1.29 is 14.3 Å². The van der Waals surface area contributed by atoms with Gasteiger partial charge in [-0.25, -0.2) is 4.68 Å². The largest absolute Gasteiger partial charge is 0.466 e. The summed E-state index contributed by atoms with van der Waals surface area (Å²) >= 11 is 5.94. The Morgan fingerprint density at radius 2 is 1.84 bits per heavy atom. The van der Waals surface area contributed by atoms with E-state index in [1.807, 2.05) is 30.3 Å². The Balaban J connectivity index is 1.85. The number of anilines is 1. The average Bonchev–Trinajstić information content (AvgIpc) is 3.19. The van der Waals surface area contributed by atoms with Gasteiger partial charge in [-0.15, -0.1) is 0 Å². The molecule has 168 valence electrons. The number of nitrogens with zero attached hydrogens (tertiary/aromatic N) is 2. The molecule has 1 N–H and O–H groups in total. The van der Waals surface area contributed by atoms with Crippen molar-refractivity contribution in [3.8, 4) is 5.69 Å². The van der Waals surface area contributed by atoms with Gasteiger partial charge >= 0.3 is 5.97 Å². The number of benzene rings is 2. The average molecular weight is 454 g/mol. The lowest BCUT2D eigenvalue weighted by Gasteiger charge is -2.11. The van der Waals surface area contributed by atoms with E-state index in [1.165, 1.54) is 0 Å². The van der Waals surface area contributed by atoms with Crippen LogP contribution in [0.5, 0.6) is 0 Å². The molecule has 7 heteroatoms. The van der Waals surface area contributed by atoms with Crippen LogP contribution in [0, 0.1) is 0 Å². The van der Waals surface area contributed by atoms with E-state index in [1.54, 1.807) is 35.9 Å². The molecule has 0 saturated carbocycles. The lowest BCUT2D eigenvalue weighted by atomic mass is 10.1. The Bertz CT molecular complexity index is 1060. The predicted octanol–water partition coefficient (Wildman–Crippen LogP) is 5.62. The molecule has 3 aromatic rings. The molecule has 0 bridgehead atoms. The van der Waals surface area contributed by atoms with Crippen LogP contribution >= 0.6 is 11.6 Å². The summed E-state index contributed by atoms with van der Waals surface area (Å²) in [5, 5.41) is 8.28. The van der Waals surface area contributed by atoms with Gasteiger partial charge in [0.1, 0.15) is 5.82 Å². The zero-order valence-electron chi connectivity index (χ0n) is 18.4. The SMILES string of the molecule is CCCCc1cc(NC(=O)c2ccc(Cl)cc2)n(-c2cccc(CCC(=O)OCC)c2)n1. The maximum Gasteiger partial charge on any atom is 0.306 e. The number of halogens is 1. The van der Waals surface area contributed by atoms with Gasteiger partial charge in [0.2, 0.25) is 0 Å². The second kappa shape index (κ2) is 11.5. The van der Waals surface area contributed by atoms with E-state index in [-0.39, 0.29) is 11.9 Å². The van der Waals surface area contributed by atoms with Crippen molar-refractivity contribution in [1.29, 1.82) is 0 Å². The minimum atomic E-state index is -0.233. The highest BCUT2D eigenvalue weighted by Crippen LogP contribution is 2.21. The van der Waals surface area contributed by atoms with Crippen LogP contribution in [0.25, 0.3) is 5.69 Å². The molecule has 0 aliphatic rings. The topological polar surface area (TPSA) is 73.2 Å². The standard InChI is InChI=1S/C25H28ClN3O3/c1-3-5-8-21-17-23(27-25(31)19-11-13-20(26)14-12-19)29(28-21)22-9-6-7-18(16-22)10-15-24(30)32-4-2/h6-7,9,11-14,16-17H,3-5,8,10,15H2,1-2H3,(H,27,31). The maximum absolute atomic E-state index is 12.8. The summed E-state index contributed by atoms with van der Waals surface area (Å²) in [6.45, 7) is 4.31. The molecule has 1 aromatic heterocycles. The molecule has 0 aliphatic carbocycles. The summed E-state index contributed by atoms with van der Waals surface area (Å²) in [5.74, 6) is 0.150. The van der Waals surface area contributed by atoms with Gasteiger partial charge in [-0.05, 0) is 68.1 Å². The zero-order chi connectivity index (χ0) is 22.9. The van der Waals surface area contributed by atoms with E-state index in [0.29, 0.717) is 35.9 Å². The van der Waals surface area contributed by atoms with Crippen molar-refractivity contribution in [3.05, 3.63) is 76.4 Å². The fourth-order valence-corrected chi connectivity index (χ4v) is 3.44. The molecule has 0 unspecified atom stereocenters. The molecule has 0 aliphatic heterocycles. The van der Waals surface area contributed by atoms with Crippen molar-refractivity contribution in [2.24, 2.45) is 0 Å². The normalized spacial score (nSPS) is 10.7. The van der Waals surface area contributed by atoms with Gasteiger partial charge in [0.05, 0.1) is 18.0 Å². The number of esters is 1. The number of aryl methyl sites for hydroxylation is 2. The minimum absolute atomic E-state index is 0.213. The van der Waals surface area contributed by atoms with Crippen LogP contribution in [0.15, 0.2) is 54.6 Å². The molecule has 0 fully saturated rings. The number of hydrogen-bond acceptors (Lipinski definition) is 4. The van der Waals surface area contributed by atoms with Gasteiger partial charge in [-0.3, -0.25) is 9.59 Å². The van der Waals surface area contributed by atoms with Gasteiger partial charge in [-0.2, -0.15) is 5.10 Å². The van der Waals surface area contributed by atoms with Crippen molar-refractivity contribution in [2.45, 2.75) is 46.0 Å². The Kier molecular flexibility index (Phi) is 8.45. The first-order chi connectivity index (χ1) is 15.5. The third kappa shape index (κ3) is 6.44. The molecular weight excluding hydrogens is 426 g/mol. The molecule has 32 heavy (non-hydrogen) atoms. The fourth-order valence-electron chi connectivity index (χ4n) is 3.31. The van der Waals surface area contributed by atoms with Gasteiger partial charge in [-0.1, -0.05) is 37.1 Å². The number of rotatable bonds is 10. The quantitative estimate of drug-likeness (QED) is 0.404. The third-order valence-corrected chi connectivity index (χ3v) is 5.22. The summed E-state index contributed by atoms with van der Waals surface area (Å²) < 4.78 is 6.76. The molecule has 3 rings (SSSR count). The van der Waals surface area contributed by atoms with E-state index < -0.39 is 0 Å². The number of hydrogen-bond donors (Lipinski definition) is 1. The van der Waals surface area contributed by atoms with Crippen LogP contribution in [0.3, 0.4) is 0 Å². The zero-order valence-corrected chi connectivity index (χ0v) is 19.2. The Morgan fingerprint density at radius 1 is 1.06 bits per heavy atom. The first-order valence-corrected chi connectivity index (χ1v) is 11.3. The van der Waals surface area contributed by atoms with Crippen molar-refractivity contribution in [1.82, 2.24) is 9.78 Å². The van der Waals surface area contributed by atoms with Crippen molar-refractivity contribution in [3.63, 3.8) is 0 Å². The molecule has 6 nitrogen and oxygen atoms in total. The van der Waals surface area contributed by atoms with Gasteiger partial charge < -0.3 is 10.1 Å². The van der Waals surface area contributed by atoms with E-state index in [9.17, 15) is 9.59 Å². The molecule has 1 heterocycles. The molecule has 0 saturated heterocycles. The summed E-state index contributed by atoms with van der Waals surface area (Å²) in [4.78, 5) is 24.5. The number of carbonyl (C=O) groups excluding carboxylic acids is 2. The highest BCUT2D eigenvalue weighted by Gasteiger charge is 2.14. The minimum Gasteiger partial charge on any atom is -0.466 e. The van der Waals surface area contributed by atoms with E-state index >= 15 is 0 Å². The van der Waals surface area contributed by atoms with Crippen LogP contribution in [-0.4, -0.2) is 28.3 Å². The summed E-state index contributed by atoms with van der Waals surface area (Å²) in [6.07, 6.45) is 3.79. The van der Waals surface area contributed by atoms with Gasteiger partial charge in [0.25, 0.3) is 5.91 Å². The second-order valence-electron chi connectivity index (χ2n) is 7.47. The summed E-state index contributed by atoms with van der Waals surface area (Å²) in [6, 6.07) is 16.5. The number of ether oxygens (including phenoxy) is 1. The number of unbranched alkanes of at least 4 members (excludes halogenated alkanes) is 1. The third-order valence-electron chi connectivity index (χ3n) is 4.97. The fraction of sp³-hybridized carbons (Fsp3) is 0.320. The van der Waals surface area contributed by atoms with Crippen molar-refractivity contribution >= 4 is 29.3 Å². The number of nitrogens with one attached hydrogen (secondary N) is 1. The van der Waals surface area contributed by atoms with Gasteiger partial charge in [0, 0.05) is 23.1 Å². The Morgan fingerprint density at radius 3 is 2.56 bits per heavy atom. The molecule has 0 atom stereocenters. The van der Waals surface area contributed by atoms with Crippen molar-refractivity contribution in [2.75, 3.05) is 11.9 Å². The number of carbonyl (C=O) groups is 2.